The van der Waals surface area contributed by atoms with Crippen LogP contribution in [0.4, 0.5) is 16.0 Å². The molecule has 0 unspecified atom stereocenters. The normalized spacial score (nSPS) is 19.2. The number of aromatic nitrogens is 5. The Morgan fingerprint density at radius 2 is 1.97 bits per heavy atom. The van der Waals surface area contributed by atoms with Crippen molar-refractivity contribution in [3.05, 3.63) is 71.1 Å². The van der Waals surface area contributed by atoms with Crippen LogP contribution in [0.3, 0.4) is 0 Å². The fourth-order valence-corrected chi connectivity index (χ4v) is 4.66. The number of aryl methyl sites for hydroxylation is 2. The van der Waals surface area contributed by atoms with Crippen molar-refractivity contribution < 1.29 is 9.18 Å². The Morgan fingerprint density at radius 3 is 2.61 bits per heavy atom. The number of rotatable bonds is 9. The maximum Gasteiger partial charge on any atom is 0.223 e. The molecule has 0 saturated heterocycles. The molecule has 1 aliphatic rings. The average Bonchev–Trinajstić information content (AvgIpc) is 3.51. The van der Waals surface area contributed by atoms with Crippen molar-refractivity contribution in [2.24, 2.45) is 10.9 Å². The molecule has 1 aliphatic carbocycles. The molecule has 1 saturated carbocycles. The van der Waals surface area contributed by atoms with Crippen molar-refractivity contribution in [2.75, 3.05) is 5.32 Å². The predicted octanol–water partition coefficient (Wildman–Crippen LogP) is 5.42. The number of allylic oxidation sites excluding steroid dienone is 2. The number of amides is 1. The second-order valence-corrected chi connectivity index (χ2v) is 9.99. The summed E-state index contributed by atoms with van der Waals surface area (Å²) >= 11 is 0. The van der Waals surface area contributed by atoms with Crippen LogP contribution in [0.2, 0.25) is 0 Å². The molecule has 0 spiro atoms. The first-order chi connectivity index (χ1) is 18.2. The Bertz CT molecular complexity index is 1350. The van der Waals surface area contributed by atoms with Crippen molar-refractivity contribution in [2.45, 2.75) is 65.3 Å². The Balaban J connectivity index is 1.32. The van der Waals surface area contributed by atoms with Crippen LogP contribution in [0.25, 0.3) is 5.82 Å². The lowest BCUT2D eigenvalue weighted by Gasteiger charge is -2.29. The van der Waals surface area contributed by atoms with Crippen molar-refractivity contribution in [3.63, 3.8) is 0 Å². The summed E-state index contributed by atoms with van der Waals surface area (Å²) in [6, 6.07) is 5.94. The Hall–Kier alpha value is -4.08. The van der Waals surface area contributed by atoms with Crippen LogP contribution in [-0.4, -0.2) is 43.6 Å². The van der Waals surface area contributed by atoms with Gasteiger partial charge in [-0.15, -0.1) is 0 Å². The first-order valence-corrected chi connectivity index (χ1v) is 12.9. The average molecular weight is 519 g/mol. The third kappa shape index (κ3) is 6.81. The number of halogens is 1. The molecular weight excluding hydrogens is 483 g/mol. The summed E-state index contributed by atoms with van der Waals surface area (Å²) < 4.78 is 14.6. The number of aliphatic imine (C=N–C) groups is 1. The molecule has 3 aromatic rings. The van der Waals surface area contributed by atoms with Gasteiger partial charge in [0, 0.05) is 35.3 Å². The zero-order valence-electron chi connectivity index (χ0n) is 22.3. The Morgan fingerprint density at radius 1 is 1.21 bits per heavy atom. The summed E-state index contributed by atoms with van der Waals surface area (Å²) in [6.07, 6.45) is 9.34. The molecule has 4 rings (SSSR count). The number of pyridine rings is 1. The second-order valence-electron chi connectivity index (χ2n) is 9.99. The van der Waals surface area contributed by atoms with Crippen LogP contribution in [0.1, 0.15) is 62.4 Å². The van der Waals surface area contributed by atoms with E-state index in [1.807, 2.05) is 39.0 Å². The van der Waals surface area contributed by atoms with Crippen LogP contribution in [-0.2, 0) is 4.79 Å². The van der Waals surface area contributed by atoms with Gasteiger partial charge in [0.15, 0.2) is 17.5 Å². The minimum atomic E-state index is -0.449. The van der Waals surface area contributed by atoms with Gasteiger partial charge in [0.2, 0.25) is 5.91 Å². The van der Waals surface area contributed by atoms with E-state index >= 15 is 0 Å². The lowest BCUT2D eigenvalue weighted by Crippen LogP contribution is -2.39. The smallest absolute Gasteiger partial charge is 0.223 e. The summed E-state index contributed by atoms with van der Waals surface area (Å²) in [5.74, 6) is 1.84. The zero-order valence-corrected chi connectivity index (χ0v) is 22.3. The van der Waals surface area contributed by atoms with E-state index in [4.69, 9.17) is 4.98 Å². The quantitative estimate of drug-likeness (QED) is 0.258. The Labute approximate surface area is 222 Å². The molecule has 10 heteroatoms. The number of hydrogen-bond donors (Lipinski definition) is 3. The number of anilines is 2. The van der Waals surface area contributed by atoms with Crippen LogP contribution >= 0.6 is 0 Å². The SMILES string of the molecule is C=N/C(=C\C=C(/C)[C@H](C)NC(=O)[C@H]1CC[C@@H](c2cc(C)cc(Nc3cc(C)[nH]n3)n2)CC1)n1cc(F)cn1. The molecule has 0 aromatic carbocycles. The van der Waals surface area contributed by atoms with Gasteiger partial charge < -0.3 is 10.6 Å². The number of H-pyrrole nitrogens is 1. The highest BCUT2D eigenvalue weighted by atomic mass is 19.1. The van der Waals surface area contributed by atoms with E-state index in [-0.39, 0.29) is 17.9 Å². The minimum absolute atomic E-state index is 0.0241. The lowest BCUT2D eigenvalue weighted by atomic mass is 9.79. The number of aromatic amines is 1. The van der Waals surface area contributed by atoms with E-state index in [1.54, 1.807) is 6.08 Å². The first-order valence-electron chi connectivity index (χ1n) is 12.9. The third-order valence-electron chi connectivity index (χ3n) is 6.95. The van der Waals surface area contributed by atoms with Gasteiger partial charge in [-0.25, -0.2) is 19.0 Å². The highest BCUT2D eigenvalue weighted by molar-refractivity contribution is 5.79. The molecule has 1 atom stereocenters. The number of nitrogens with one attached hydrogen (secondary N) is 3. The van der Waals surface area contributed by atoms with Crippen LogP contribution in [0, 0.1) is 25.6 Å². The topological polar surface area (TPSA) is 113 Å². The maximum atomic E-state index is 13.3. The molecule has 3 N–H and O–H groups in total. The second kappa shape index (κ2) is 12.0. The molecule has 1 fully saturated rings. The van der Waals surface area contributed by atoms with Gasteiger partial charge in [-0.2, -0.15) is 10.2 Å². The summed E-state index contributed by atoms with van der Waals surface area (Å²) in [5, 5.41) is 17.5. The molecular formula is C28H35FN8O. The van der Waals surface area contributed by atoms with E-state index in [0.717, 1.165) is 66.0 Å². The molecule has 200 valence electrons. The van der Waals surface area contributed by atoms with Crippen LogP contribution in [0.5, 0.6) is 0 Å². The van der Waals surface area contributed by atoms with Gasteiger partial charge in [0.25, 0.3) is 0 Å². The maximum absolute atomic E-state index is 13.3. The van der Waals surface area contributed by atoms with E-state index in [9.17, 15) is 9.18 Å². The predicted molar refractivity (Wildman–Crippen MR) is 148 cm³/mol. The zero-order chi connectivity index (χ0) is 27.2. The van der Waals surface area contributed by atoms with Gasteiger partial charge >= 0.3 is 0 Å². The molecule has 9 nitrogen and oxygen atoms in total. The van der Waals surface area contributed by atoms with E-state index in [2.05, 4.69) is 50.6 Å². The number of nitrogens with zero attached hydrogens (tertiary/aromatic N) is 5. The van der Waals surface area contributed by atoms with E-state index in [1.165, 1.54) is 10.9 Å². The van der Waals surface area contributed by atoms with Gasteiger partial charge in [-0.1, -0.05) is 11.6 Å². The minimum Gasteiger partial charge on any atom is -0.350 e. The first kappa shape index (κ1) is 27.0. The van der Waals surface area contributed by atoms with E-state index < -0.39 is 5.82 Å². The van der Waals surface area contributed by atoms with Crippen molar-refractivity contribution in [1.29, 1.82) is 0 Å². The standard InChI is InChI=1S/C28H35FN8O/c1-17-12-24(33-25(13-17)34-26-14-19(3)35-36-26)21-7-9-22(10-8-21)28(38)32-20(4)18(2)6-11-27(30-5)37-16-23(29)15-31-37/h6,11-16,20-22H,5,7-10H2,1-4H3,(H,32,38)(H2,33,34,35,36)/b18-6+,27-11+/t20-,21-,22+/m0/s1. The lowest BCUT2D eigenvalue weighted by molar-refractivity contribution is -0.126. The summed E-state index contributed by atoms with van der Waals surface area (Å²) in [5.41, 5.74) is 4.12. The van der Waals surface area contributed by atoms with E-state index in [0.29, 0.717) is 11.7 Å². The van der Waals surface area contributed by atoms with Gasteiger partial charge in [-0.3, -0.25) is 9.89 Å². The number of hydrogen-bond acceptors (Lipinski definition) is 6. The van der Waals surface area contributed by atoms with Gasteiger partial charge in [-0.05, 0) is 83.9 Å². The molecule has 38 heavy (non-hydrogen) atoms. The van der Waals surface area contributed by atoms with Crippen molar-refractivity contribution in [1.82, 2.24) is 30.3 Å². The Kier molecular flexibility index (Phi) is 8.50. The van der Waals surface area contributed by atoms with Crippen molar-refractivity contribution in [3.8, 4) is 0 Å². The highest BCUT2D eigenvalue weighted by Crippen LogP contribution is 2.36. The molecule has 1 amide bonds. The fourth-order valence-electron chi connectivity index (χ4n) is 4.66. The number of carbonyl (C=O) groups excluding carboxylic acids is 1. The molecule has 3 aromatic heterocycles. The molecule has 3 heterocycles. The van der Waals surface area contributed by atoms with Gasteiger partial charge in [0.1, 0.15) is 5.82 Å². The molecule has 0 radical (unpaired) electrons. The van der Waals surface area contributed by atoms with Crippen LogP contribution in [0.15, 0.2) is 53.3 Å². The summed E-state index contributed by atoms with van der Waals surface area (Å²) in [7, 11) is 0. The van der Waals surface area contributed by atoms with Crippen molar-refractivity contribution >= 4 is 30.1 Å². The number of carbonyl (C=O) groups is 1. The van der Waals surface area contributed by atoms with Gasteiger partial charge in [0.05, 0.1) is 12.4 Å². The van der Waals surface area contributed by atoms with Crippen LogP contribution < -0.4 is 10.6 Å². The molecule has 0 aliphatic heterocycles. The summed E-state index contributed by atoms with van der Waals surface area (Å²) in [4.78, 5) is 21.8. The summed E-state index contributed by atoms with van der Waals surface area (Å²) in [6.45, 7) is 11.4. The fraction of sp³-hybridized carbons (Fsp3) is 0.393. The third-order valence-corrected chi connectivity index (χ3v) is 6.95. The molecule has 0 bridgehead atoms. The monoisotopic (exact) mass is 518 g/mol. The highest BCUT2D eigenvalue weighted by Gasteiger charge is 2.28. The largest absolute Gasteiger partial charge is 0.350 e.